The number of hydrogen-bond acceptors (Lipinski definition) is 3. The number of nitrogens with zero attached hydrogens (tertiary/aromatic N) is 1. The van der Waals surface area contributed by atoms with Crippen LogP contribution in [0, 0.1) is 5.92 Å². The van der Waals surface area contributed by atoms with Crippen LogP contribution in [0.15, 0.2) is 0 Å². The fraction of sp³-hybridized carbons (Fsp3) is 0.929. The number of unbranched alkanes of at least 4 members (excludes halogenated alkanes) is 1. The van der Waals surface area contributed by atoms with E-state index in [2.05, 4.69) is 6.92 Å². The van der Waals surface area contributed by atoms with Crippen molar-refractivity contribution in [3.05, 3.63) is 0 Å². The third-order valence-electron chi connectivity index (χ3n) is 3.27. The minimum Gasteiger partial charge on any atom is -0.444 e. The summed E-state index contributed by atoms with van der Waals surface area (Å²) in [4.78, 5) is 13.6. The molecule has 1 amide bonds. The first-order valence-electron chi connectivity index (χ1n) is 6.99. The molecule has 1 fully saturated rings. The number of likely N-dealkylation sites (tertiary alicyclic amines) is 1. The minimum absolute atomic E-state index is 0.212. The van der Waals surface area contributed by atoms with Crippen LogP contribution >= 0.6 is 0 Å². The fourth-order valence-corrected chi connectivity index (χ4v) is 2.24. The first-order chi connectivity index (χ1) is 8.33. The largest absolute Gasteiger partial charge is 0.444 e. The molecule has 1 N–H and O–H groups in total. The highest BCUT2D eigenvalue weighted by atomic mass is 16.6. The Balaban J connectivity index is 2.38. The lowest BCUT2D eigenvalue weighted by Crippen LogP contribution is -2.36. The van der Waals surface area contributed by atoms with Gasteiger partial charge < -0.3 is 14.7 Å². The van der Waals surface area contributed by atoms with E-state index in [0.29, 0.717) is 13.1 Å². The number of amides is 1. The smallest absolute Gasteiger partial charge is 0.410 e. The Labute approximate surface area is 110 Å². The molecule has 0 radical (unpaired) electrons. The summed E-state index contributed by atoms with van der Waals surface area (Å²) in [7, 11) is 0. The van der Waals surface area contributed by atoms with Crippen LogP contribution in [-0.4, -0.2) is 40.9 Å². The van der Waals surface area contributed by atoms with Crippen molar-refractivity contribution < 1.29 is 14.6 Å². The van der Waals surface area contributed by atoms with Crippen molar-refractivity contribution in [3.8, 4) is 0 Å². The molecule has 0 aromatic carbocycles. The second-order valence-corrected chi connectivity index (χ2v) is 6.18. The quantitative estimate of drug-likeness (QED) is 0.842. The van der Waals surface area contributed by atoms with E-state index >= 15 is 0 Å². The maximum atomic E-state index is 11.9. The molecule has 1 saturated heterocycles. The van der Waals surface area contributed by atoms with E-state index in [-0.39, 0.29) is 18.1 Å². The molecule has 0 bridgehead atoms. The lowest BCUT2D eigenvalue weighted by Gasteiger charge is -2.25. The number of carbonyl (C=O) groups is 1. The highest BCUT2D eigenvalue weighted by Gasteiger charge is 2.32. The third-order valence-corrected chi connectivity index (χ3v) is 3.27. The molecule has 18 heavy (non-hydrogen) atoms. The Morgan fingerprint density at radius 1 is 1.50 bits per heavy atom. The molecule has 0 aliphatic carbocycles. The molecule has 2 unspecified atom stereocenters. The second-order valence-electron chi connectivity index (χ2n) is 6.18. The SMILES string of the molecule is CCCCC(O)C1CCN(C(=O)OC(C)(C)C)C1. The Hall–Kier alpha value is -0.770. The van der Waals surface area contributed by atoms with Crippen LogP contribution in [0.4, 0.5) is 4.79 Å². The summed E-state index contributed by atoms with van der Waals surface area (Å²) in [6, 6.07) is 0. The second kappa shape index (κ2) is 6.41. The lowest BCUT2D eigenvalue weighted by atomic mass is 9.97. The molecule has 0 saturated carbocycles. The van der Waals surface area contributed by atoms with Gasteiger partial charge in [0.2, 0.25) is 0 Å². The summed E-state index contributed by atoms with van der Waals surface area (Å²) in [6.07, 6.45) is 3.32. The van der Waals surface area contributed by atoms with E-state index in [9.17, 15) is 9.90 Å². The van der Waals surface area contributed by atoms with Gasteiger partial charge >= 0.3 is 6.09 Å². The molecular formula is C14H27NO3. The highest BCUT2D eigenvalue weighted by Crippen LogP contribution is 2.24. The van der Waals surface area contributed by atoms with Crippen LogP contribution < -0.4 is 0 Å². The van der Waals surface area contributed by atoms with Gasteiger partial charge in [0.25, 0.3) is 0 Å². The average Bonchev–Trinajstić information content (AvgIpc) is 2.72. The Morgan fingerprint density at radius 3 is 2.72 bits per heavy atom. The standard InChI is InChI=1S/C14H27NO3/c1-5-6-7-12(16)11-8-9-15(10-11)13(17)18-14(2,3)4/h11-12,16H,5-10H2,1-4H3. The Kier molecular flexibility index (Phi) is 5.45. The molecule has 106 valence electrons. The van der Waals surface area contributed by atoms with Gasteiger partial charge in [-0.05, 0) is 33.6 Å². The zero-order valence-corrected chi connectivity index (χ0v) is 12.1. The van der Waals surface area contributed by atoms with Gasteiger partial charge in [-0.2, -0.15) is 0 Å². The van der Waals surface area contributed by atoms with Crippen molar-refractivity contribution in [2.45, 2.75) is 65.1 Å². The summed E-state index contributed by atoms with van der Waals surface area (Å²) in [5, 5.41) is 10.0. The third kappa shape index (κ3) is 4.84. The zero-order chi connectivity index (χ0) is 13.8. The van der Waals surface area contributed by atoms with Crippen LogP contribution in [0.5, 0.6) is 0 Å². The van der Waals surface area contributed by atoms with Gasteiger partial charge in [-0.25, -0.2) is 4.79 Å². The van der Waals surface area contributed by atoms with E-state index < -0.39 is 5.60 Å². The van der Waals surface area contributed by atoms with Crippen LogP contribution in [0.2, 0.25) is 0 Å². The molecule has 1 heterocycles. The molecule has 2 atom stereocenters. The summed E-state index contributed by atoms with van der Waals surface area (Å²) in [5.41, 5.74) is -0.448. The highest BCUT2D eigenvalue weighted by molar-refractivity contribution is 5.68. The summed E-state index contributed by atoms with van der Waals surface area (Å²) in [6.45, 7) is 9.05. The number of ether oxygens (including phenoxy) is 1. The van der Waals surface area contributed by atoms with E-state index in [0.717, 1.165) is 25.7 Å². The maximum Gasteiger partial charge on any atom is 0.410 e. The van der Waals surface area contributed by atoms with Gasteiger partial charge in [-0.1, -0.05) is 19.8 Å². The topological polar surface area (TPSA) is 49.8 Å². The van der Waals surface area contributed by atoms with Crippen LogP contribution in [0.3, 0.4) is 0 Å². The summed E-state index contributed by atoms with van der Waals surface area (Å²) < 4.78 is 5.34. The molecule has 0 aromatic rings. The number of carbonyl (C=O) groups excluding carboxylic acids is 1. The number of aliphatic hydroxyl groups excluding tert-OH is 1. The first kappa shape index (κ1) is 15.3. The zero-order valence-electron chi connectivity index (χ0n) is 12.1. The van der Waals surface area contributed by atoms with Crippen molar-refractivity contribution in [1.82, 2.24) is 4.90 Å². The Morgan fingerprint density at radius 2 is 2.17 bits per heavy atom. The van der Waals surface area contributed by atoms with Crippen molar-refractivity contribution >= 4 is 6.09 Å². The van der Waals surface area contributed by atoms with E-state index in [4.69, 9.17) is 4.74 Å². The van der Waals surface area contributed by atoms with Crippen LogP contribution in [0.25, 0.3) is 0 Å². The van der Waals surface area contributed by atoms with Crippen molar-refractivity contribution in [2.75, 3.05) is 13.1 Å². The molecule has 0 spiro atoms. The van der Waals surface area contributed by atoms with E-state index in [1.807, 2.05) is 20.8 Å². The Bertz CT molecular complexity index is 273. The van der Waals surface area contributed by atoms with Gasteiger partial charge in [0.05, 0.1) is 6.10 Å². The predicted octanol–water partition coefficient (Wildman–Crippen LogP) is 2.79. The molecule has 4 nitrogen and oxygen atoms in total. The van der Waals surface area contributed by atoms with Crippen LogP contribution in [0.1, 0.15) is 53.4 Å². The minimum atomic E-state index is -0.448. The van der Waals surface area contributed by atoms with E-state index in [1.54, 1.807) is 4.90 Å². The maximum absolute atomic E-state index is 11.9. The average molecular weight is 257 g/mol. The fourth-order valence-electron chi connectivity index (χ4n) is 2.24. The first-order valence-corrected chi connectivity index (χ1v) is 6.99. The predicted molar refractivity (Wildman–Crippen MR) is 71.4 cm³/mol. The van der Waals surface area contributed by atoms with Gasteiger partial charge in [0.1, 0.15) is 5.60 Å². The molecule has 1 rings (SSSR count). The van der Waals surface area contributed by atoms with Crippen molar-refractivity contribution in [3.63, 3.8) is 0 Å². The van der Waals surface area contributed by atoms with Crippen molar-refractivity contribution in [2.24, 2.45) is 5.92 Å². The van der Waals surface area contributed by atoms with Gasteiger partial charge in [-0.3, -0.25) is 0 Å². The summed E-state index contributed by atoms with van der Waals surface area (Å²) >= 11 is 0. The molecule has 0 aromatic heterocycles. The number of aliphatic hydroxyl groups is 1. The van der Waals surface area contributed by atoms with E-state index in [1.165, 1.54) is 0 Å². The lowest BCUT2D eigenvalue weighted by molar-refractivity contribution is 0.0266. The molecule has 1 aliphatic heterocycles. The monoisotopic (exact) mass is 257 g/mol. The number of rotatable bonds is 4. The van der Waals surface area contributed by atoms with Crippen molar-refractivity contribution in [1.29, 1.82) is 0 Å². The van der Waals surface area contributed by atoms with Gasteiger partial charge in [0.15, 0.2) is 0 Å². The number of hydrogen-bond donors (Lipinski definition) is 1. The normalized spacial score (nSPS) is 22.1. The molecule has 1 aliphatic rings. The summed E-state index contributed by atoms with van der Waals surface area (Å²) in [5.74, 6) is 0.212. The van der Waals surface area contributed by atoms with Gasteiger partial charge in [-0.15, -0.1) is 0 Å². The molecular weight excluding hydrogens is 230 g/mol. The van der Waals surface area contributed by atoms with Gasteiger partial charge in [0, 0.05) is 19.0 Å². The van der Waals surface area contributed by atoms with Crippen LogP contribution in [-0.2, 0) is 4.74 Å². The molecule has 4 heteroatoms.